The van der Waals surface area contributed by atoms with Crippen molar-refractivity contribution in [3.8, 4) is 6.01 Å². The van der Waals surface area contributed by atoms with Gasteiger partial charge in [0.25, 0.3) is 0 Å². The molecule has 0 aliphatic carbocycles. The number of hydrogen-bond acceptors (Lipinski definition) is 9. The Bertz CT molecular complexity index is 1070. The molecule has 1 aliphatic heterocycles. The summed E-state index contributed by atoms with van der Waals surface area (Å²) in [4.78, 5) is 39.2. The zero-order valence-electron chi connectivity index (χ0n) is 15.8. The monoisotopic (exact) mass is 400 g/mol. The molecule has 4 rings (SSSR count). The van der Waals surface area contributed by atoms with E-state index in [1.807, 2.05) is 4.90 Å². The smallest absolute Gasteiger partial charge is 0.420 e. The third kappa shape index (κ3) is 4.19. The molecule has 11 heteroatoms. The zero-order chi connectivity index (χ0) is 20.2. The standard InChI is InChI=1S/C18H20N6O5/c1-27-17-21-14(20-16(22-17)23-6-8-28-9-7-23)10-19-15(25)11-24-12-4-2-3-5-13(12)29-18(24)26/h2-5H,6-11H2,1H3,(H,19,25). The molecule has 11 nitrogen and oxygen atoms in total. The van der Waals surface area contributed by atoms with Gasteiger partial charge in [-0.05, 0) is 12.1 Å². The molecule has 152 valence electrons. The fraction of sp³-hybridized carbons (Fsp3) is 0.389. The topological polar surface area (TPSA) is 125 Å². The minimum atomic E-state index is -0.585. The number of carbonyl (C=O) groups excluding carboxylic acids is 1. The van der Waals surface area contributed by atoms with E-state index in [-0.39, 0.29) is 25.0 Å². The van der Waals surface area contributed by atoms with Crippen LogP contribution in [0.4, 0.5) is 5.95 Å². The van der Waals surface area contributed by atoms with Gasteiger partial charge in [0.05, 0.1) is 32.4 Å². The molecule has 2 aromatic heterocycles. The molecule has 3 aromatic rings. The Morgan fingerprint density at radius 2 is 2.00 bits per heavy atom. The predicted molar refractivity (Wildman–Crippen MR) is 102 cm³/mol. The van der Waals surface area contributed by atoms with E-state index in [4.69, 9.17) is 13.9 Å². The predicted octanol–water partition coefficient (Wildman–Crippen LogP) is -0.0589. The van der Waals surface area contributed by atoms with Crippen molar-refractivity contribution >= 4 is 23.0 Å². The molecule has 1 saturated heterocycles. The maximum atomic E-state index is 12.4. The van der Waals surface area contributed by atoms with Gasteiger partial charge in [-0.1, -0.05) is 12.1 Å². The first-order valence-corrected chi connectivity index (χ1v) is 9.11. The fourth-order valence-electron chi connectivity index (χ4n) is 3.00. The molecule has 1 aromatic carbocycles. The minimum absolute atomic E-state index is 0.0690. The Labute approximate surface area is 165 Å². The summed E-state index contributed by atoms with van der Waals surface area (Å²) in [6.45, 7) is 2.40. The van der Waals surface area contributed by atoms with Gasteiger partial charge in [-0.15, -0.1) is 0 Å². The van der Waals surface area contributed by atoms with Crippen molar-refractivity contribution in [1.82, 2.24) is 24.8 Å². The molecule has 1 amide bonds. The zero-order valence-corrected chi connectivity index (χ0v) is 15.8. The van der Waals surface area contributed by atoms with Gasteiger partial charge in [-0.25, -0.2) is 4.79 Å². The van der Waals surface area contributed by atoms with Crippen LogP contribution in [0.3, 0.4) is 0 Å². The Morgan fingerprint density at radius 3 is 2.79 bits per heavy atom. The third-order valence-corrected chi connectivity index (χ3v) is 4.44. The average Bonchev–Trinajstić information content (AvgIpc) is 3.07. The van der Waals surface area contributed by atoms with Crippen molar-refractivity contribution < 1.29 is 18.7 Å². The van der Waals surface area contributed by atoms with Crippen molar-refractivity contribution in [3.63, 3.8) is 0 Å². The van der Waals surface area contributed by atoms with Crippen LogP contribution in [-0.2, 0) is 22.6 Å². The first kappa shape index (κ1) is 18.9. The van der Waals surface area contributed by atoms with Gasteiger partial charge in [0.2, 0.25) is 11.9 Å². The Hall–Kier alpha value is -3.47. The number of oxazole rings is 1. The summed E-state index contributed by atoms with van der Waals surface area (Å²) in [6, 6.07) is 7.10. The van der Waals surface area contributed by atoms with Crippen LogP contribution in [0.1, 0.15) is 5.82 Å². The lowest BCUT2D eigenvalue weighted by molar-refractivity contribution is -0.121. The number of morpholine rings is 1. The highest BCUT2D eigenvalue weighted by Gasteiger charge is 2.18. The van der Waals surface area contributed by atoms with Crippen LogP contribution in [-0.4, -0.2) is 58.8 Å². The summed E-state index contributed by atoms with van der Waals surface area (Å²) in [5, 5.41) is 2.72. The van der Waals surface area contributed by atoms with Crippen molar-refractivity contribution in [1.29, 1.82) is 0 Å². The summed E-state index contributed by atoms with van der Waals surface area (Å²) in [5.41, 5.74) is 0.992. The highest BCUT2D eigenvalue weighted by molar-refractivity contribution is 5.79. The van der Waals surface area contributed by atoms with Crippen LogP contribution in [0.25, 0.3) is 11.1 Å². The van der Waals surface area contributed by atoms with Crippen molar-refractivity contribution in [3.05, 3.63) is 40.6 Å². The van der Waals surface area contributed by atoms with E-state index < -0.39 is 5.76 Å². The molecule has 0 saturated carbocycles. The third-order valence-electron chi connectivity index (χ3n) is 4.44. The molecule has 3 heterocycles. The Balaban J connectivity index is 1.46. The average molecular weight is 400 g/mol. The number of aromatic nitrogens is 4. The second kappa shape index (κ2) is 8.27. The summed E-state index contributed by atoms with van der Waals surface area (Å²) in [7, 11) is 1.47. The van der Waals surface area contributed by atoms with Gasteiger partial charge in [0.15, 0.2) is 11.4 Å². The highest BCUT2D eigenvalue weighted by atomic mass is 16.5. The molecular weight excluding hydrogens is 380 g/mol. The quantitative estimate of drug-likeness (QED) is 0.606. The van der Waals surface area contributed by atoms with Crippen LogP contribution in [0.5, 0.6) is 6.01 Å². The second-order valence-corrected chi connectivity index (χ2v) is 6.34. The van der Waals surface area contributed by atoms with E-state index in [9.17, 15) is 9.59 Å². The number of nitrogens with zero attached hydrogens (tertiary/aromatic N) is 5. The number of ether oxygens (including phenoxy) is 2. The molecule has 0 spiro atoms. The maximum Gasteiger partial charge on any atom is 0.420 e. The largest absolute Gasteiger partial charge is 0.467 e. The number of hydrogen-bond donors (Lipinski definition) is 1. The lowest BCUT2D eigenvalue weighted by Crippen LogP contribution is -2.38. The SMILES string of the molecule is COc1nc(CNC(=O)Cn2c(=O)oc3ccccc32)nc(N2CCOCC2)n1. The van der Waals surface area contributed by atoms with Gasteiger partial charge < -0.3 is 24.1 Å². The number of methoxy groups -OCH3 is 1. The normalized spacial score (nSPS) is 14.2. The van der Waals surface area contributed by atoms with Crippen LogP contribution >= 0.6 is 0 Å². The summed E-state index contributed by atoms with van der Waals surface area (Å²) in [6.07, 6.45) is 0. The van der Waals surface area contributed by atoms with Crippen LogP contribution in [0, 0.1) is 0 Å². The lowest BCUT2D eigenvalue weighted by Gasteiger charge is -2.26. The van der Waals surface area contributed by atoms with E-state index >= 15 is 0 Å². The molecule has 1 aliphatic rings. The first-order chi connectivity index (χ1) is 14.1. The van der Waals surface area contributed by atoms with E-state index in [0.717, 1.165) is 0 Å². The number of nitrogens with one attached hydrogen (secondary N) is 1. The lowest BCUT2D eigenvalue weighted by atomic mass is 10.3. The van der Waals surface area contributed by atoms with Gasteiger partial charge in [0, 0.05) is 13.1 Å². The number of rotatable bonds is 6. The van der Waals surface area contributed by atoms with E-state index in [0.29, 0.717) is 49.2 Å². The minimum Gasteiger partial charge on any atom is -0.467 e. The fourth-order valence-corrected chi connectivity index (χ4v) is 3.00. The summed E-state index contributed by atoms with van der Waals surface area (Å²) in [5.74, 6) is -0.124. The van der Waals surface area contributed by atoms with Gasteiger partial charge in [0.1, 0.15) is 6.54 Å². The molecule has 0 atom stereocenters. The van der Waals surface area contributed by atoms with Crippen LogP contribution in [0.15, 0.2) is 33.5 Å². The molecule has 1 N–H and O–H groups in total. The summed E-state index contributed by atoms with van der Waals surface area (Å²) < 4.78 is 16.9. The number of amides is 1. The number of carbonyl (C=O) groups is 1. The molecule has 0 bridgehead atoms. The number of fused-ring (bicyclic) bond motifs is 1. The number of para-hydroxylation sites is 2. The van der Waals surface area contributed by atoms with E-state index in [1.54, 1.807) is 24.3 Å². The van der Waals surface area contributed by atoms with E-state index in [2.05, 4.69) is 20.3 Å². The van der Waals surface area contributed by atoms with Gasteiger partial charge in [-0.3, -0.25) is 9.36 Å². The highest BCUT2D eigenvalue weighted by Crippen LogP contribution is 2.14. The Kier molecular flexibility index (Phi) is 5.38. The molecule has 29 heavy (non-hydrogen) atoms. The molecular formula is C18H20N6O5. The van der Waals surface area contributed by atoms with Crippen molar-refractivity contribution in [2.45, 2.75) is 13.1 Å². The second-order valence-electron chi connectivity index (χ2n) is 6.34. The van der Waals surface area contributed by atoms with Crippen molar-refractivity contribution in [2.24, 2.45) is 0 Å². The Morgan fingerprint density at radius 1 is 1.21 bits per heavy atom. The summed E-state index contributed by atoms with van der Waals surface area (Å²) >= 11 is 0. The molecule has 1 fully saturated rings. The van der Waals surface area contributed by atoms with Gasteiger partial charge >= 0.3 is 11.8 Å². The number of anilines is 1. The van der Waals surface area contributed by atoms with Gasteiger partial charge in [-0.2, -0.15) is 15.0 Å². The molecule has 0 unspecified atom stereocenters. The van der Waals surface area contributed by atoms with E-state index in [1.165, 1.54) is 11.7 Å². The van der Waals surface area contributed by atoms with Crippen LogP contribution in [0.2, 0.25) is 0 Å². The van der Waals surface area contributed by atoms with Crippen molar-refractivity contribution in [2.75, 3.05) is 38.3 Å². The van der Waals surface area contributed by atoms with Crippen LogP contribution < -0.4 is 20.7 Å². The number of benzene rings is 1. The molecule has 0 radical (unpaired) electrons. The maximum absolute atomic E-state index is 12.4. The first-order valence-electron chi connectivity index (χ1n) is 9.11.